The largest absolute Gasteiger partial charge is 0.389 e. The van der Waals surface area contributed by atoms with Crippen molar-refractivity contribution in [3.63, 3.8) is 0 Å². The zero-order valence-corrected chi connectivity index (χ0v) is 12.4. The second kappa shape index (κ2) is 6.12. The quantitative estimate of drug-likeness (QED) is 0.904. The van der Waals surface area contributed by atoms with Crippen LogP contribution in [0.25, 0.3) is 0 Å². The van der Waals surface area contributed by atoms with E-state index in [1.165, 1.54) is 23.6 Å². The minimum atomic E-state index is -0.418. The maximum Gasteiger partial charge on any atom is 0.0782 e. The summed E-state index contributed by atoms with van der Waals surface area (Å²) in [5, 5.41) is 9.88. The number of aliphatic hydroxyl groups is 1. The van der Waals surface area contributed by atoms with E-state index in [2.05, 4.69) is 33.0 Å². The third-order valence-electron chi connectivity index (χ3n) is 3.00. The monoisotopic (exact) mass is 315 g/mol. The molecule has 94 valence electrons. The fourth-order valence-corrected chi connectivity index (χ4v) is 3.40. The van der Waals surface area contributed by atoms with Crippen molar-refractivity contribution in [2.45, 2.75) is 19.4 Å². The van der Waals surface area contributed by atoms with Crippen LogP contribution in [0.3, 0.4) is 0 Å². The summed E-state index contributed by atoms with van der Waals surface area (Å²) in [6.07, 6.45) is 0.804. The van der Waals surface area contributed by atoms with Gasteiger partial charge in [-0.05, 0) is 37.3 Å². The Morgan fingerprint density at radius 2 is 2.18 bits per heavy atom. The van der Waals surface area contributed by atoms with Gasteiger partial charge in [0.1, 0.15) is 0 Å². The van der Waals surface area contributed by atoms with Gasteiger partial charge < -0.3 is 10.0 Å². The first kappa shape index (κ1) is 13.2. The van der Waals surface area contributed by atoms with Gasteiger partial charge in [-0.15, -0.1) is 0 Å². The van der Waals surface area contributed by atoms with E-state index in [4.69, 9.17) is 0 Å². The molecule has 1 aliphatic heterocycles. The first-order valence-electron chi connectivity index (χ1n) is 5.98. The minimum absolute atomic E-state index is 0.418. The van der Waals surface area contributed by atoms with Gasteiger partial charge in [-0.25, -0.2) is 0 Å². The summed E-state index contributed by atoms with van der Waals surface area (Å²) in [6, 6.07) is 6.19. The maximum absolute atomic E-state index is 9.88. The highest BCUT2D eigenvalue weighted by Gasteiger charge is 2.16. The standard InChI is InChI=1S/C13H18BrNOS/c1-10(16)12-9-11(14)3-4-13(12)15-5-2-7-17-8-6-15/h3-4,9-10,16H,2,5-8H2,1H3. The highest BCUT2D eigenvalue weighted by atomic mass is 79.9. The molecule has 17 heavy (non-hydrogen) atoms. The molecule has 0 spiro atoms. The van der Waals surface area contributed by atoms with E-state index in [0.29, 0.717) is 0 Å². The molecular formula is C13H18BrNOS. The fourth-order valence-electron chi connectivity index (χ4n) is 2.13. The topological polar surface area (TPSA) is 23.5 Å². The van der Waals surface area contributed by atoms with Crippen molar-refractivity contribution in [2.75, 3.05) is 29.5 Å². The Morgan fingerprint density at radius 1 is 1.35 bits per heavy atom. The molecule has 2 nitrogen and oxygen atoms in total. The van der Waals surface area contributed by atoms with Gasteiger partial charge in [-0.1, -0.05) is 15.9 Å². The van der Waals surface area contributed by atoms with Crippen molar-refractivity contribution in [3.05, 3.63) is 28.2 Å². The number of nitrogens with zero attached hydrogens (tertiary/aromatic N) is 1. The molecule has 1 aromatic carbocycles. The van der Waals surface area contributed by atoms with Gasteiger partial charge in [0.05, 0.1) is 6.10 Å². The number of thioether (sulfide) groups is 1. The molecule has 4 heteroatoms. The van der Waals surface area contributed by atoms with Crippen LogP contribution in [-0.4, -0.2) is 29.7 Å². The van der Waals surface area contributed by atoms with Crippen LogP contribution in [0.2, 0.25) is 0 Å². The molecule has 1 aliphatic rings. The lowest BCUT2D eigenvalue weighted by Crippen LogP contribution is -2.26. The molecule has 1 saturated heterocycles. The third-order valence-corrected chi connectivity index (χ3v) is 4.54. The van der Waals surface area contributed by atoms with Gasteiger partial charge in [-0.3, -0.25) is 0 Å². The summed E-state index contributed by atoms with van der Waals surface area (Å²) in [4.78, 5) is 2.40. The Labute approximate surface area is 116 Å². The molecule has 0 bridgehead atoms. The van der Waals surface area contributed by atoms with Gasteiger partial charge in [0.15, 0.2) is 0 Å². The molecule has 2 rings (SSSR count). The lowest BCUT2D eigenvalue weighted by Gasteiger charge is -2.26. The molecule has 0 aliphatic carbocycles. The van der Waals surface area contributed by atoms with Crippen molar-refractivity contribution in [1.82, 2.24) is 0 Å². The highest BCUT2D eigenvalue weighted by molar-refractivity contribution is 9.10. The average molecular weight is 316 g/mol. The van der Waals surface area contributed by atoms with E-state index in [0.717, 1.165) is 23.1 Å². The molecule has 0 amide bonds. The van der Waals surface area contributed by atoms with Crippen LogP contribution >= 0.6 is 27.7 Å². The Bertz CT molecular complexity index is 376. The summed E-state index contributed by atoms with van der Waals surface area (Å²) in [6.45, 7) is 4.00. The number of benzene rings is 1. The number of hydrogen-bond acceptors (Lipinski definition) is 3. The molecule has 1 atom stereocenters. The average Bonchev–Trinajstić information content (AvgIpc) is 2.57. The van der Waals surface area contributed by atoms with Crippen molar-refractivity contribution in [1.29, 1.82) is 0 Å². The SMILES string of the molecule is CC(O)c1cc(Br)ccc1N1CCCSCC1. The zero-order chi connectivity index (χ0) is 12.3. The first-order valence-corrected chi connectivity index (χ1v) is 7.93. The van der Waals surface area contributed by atoms with Crippen LogP contribution in [-0.2, 0) is 0 Å². The Kier molecular flexibility index (Phi) is 4.77. The summed E-state index contributed by atoms with van der Waals surface area (Å²) in [5.41, 5.74) is 2.21. The Hall–Kier alpha value is -0.190. The van der Waals surface area contributed by atoms with Gasteiger partial charge in [0, 0.05) is 34.6 Å². The number of rotatable bonds is 2. The summed E-state index contributed by atoms with van der Waals surface area (Å²) < 4.78 is 1.03. The van der Waals surface area contributed by atoms with Gasteiger partial charge >= 0.3 is 0 Å². The second-order valence-corrected chi connectivity index (χ2v) is 6.47. The highest BCUT2D eigenvalue weighted by Crippen LogP contribution is 2.30. The van der Waals surface area contributed by atoms with E-state index >= 15 is 0 Å². The van der Waals surface area contributed by atoms with E-state index in [1.54, 1.807) is 0 Å². The van der Waals surface area contributed by atoms with E-state index < -0.39 is 6.10 Å². The lowest BCUT2D eigenvalue weighted by molar-refractivity contribution is 0.199. The van der Waals surface area contributed by atoms with Crippen LogP contribution in [0, 0.1) is 0 Å². The van der Waals surface area contributed by atoms with Crippen LogP contribution in [0.5, 0.6) is 0 Å². The van der Waals surface area contributed by atoms with Crippen molar-refractivity contribution in [3.8, 4) is 0 Å². The molecule has 1 aromatic rings. The zero-order valence-electron chi connectivity index (χ0n) is 10.0. The van der Waals surface area contributed by atoms with E-state index in [9.17, 15) is 5.11 Å². The minimum Gasteiger partial charge on any atom is -0.389 e. The van der Waals surface area contributed by atoms with Crippen LogP contribution in [0.4, 0.5) is 5.69 Å². The van der Waals surface area contributed by atoms with Crippen LogP contribution in [0.15, 0.2) is 22.7 Å². The summed E-state index contributed by atoms with van der Waals surface area (Å²) in [5.74, 6) is 2.42. The van der Waals surface area contributed by atoms with Gasteiger partial charge in [-0.2, -0.15) is 11.8 Å². The van der Waals surface area contributed by atoms with Gasteiger partial charge in [0.2, 0.25) is 0 Å². The molecule has 1 unspecified atom stereocenters. The molecular weight excluding hydrogens is 298 g/mol. The van der Waals surface area contributed by atoms with Crippen molar-refractivity contribution in [2.24, 2.45) is 0 Å². The Balaban J connectivity index is 2.29. The van der Waals surface area contributed by atoms with Crippen LogP contribution in [0.1, 0.15) is 25.0 Å². The van der Waals surface area contributed by atoms with E-state index in [1.807, 2.05) is 24.8 Å². The van der Waals surface area contributed by atoms with Crippen molar-refractivity contribution < 1.29 is 5.11 Å². The molecule has 1 heterocycles. The predicted octanol–water partition coefficient (Wildman–Crippen LogP) is 3.45. The predicted molar refractivity (Wildman–Crippen MR) is 78.9 cm³/mol. The van der Waals surface area contributed by atoms with Crippen molar-refractivity contribution >= 4 is 33.4 Å². The van der Waals surface area contributed by atoms with E-state index in [-0.39, 0.29) is 0 Å². The van der Waals surface area contributed by atoms with Crippen LogP contribution < -0.4 is 4.90 Å². The summed E-state index contributed by atoms with van der Waals surface area (Å²) in [7, 11) is 0. The molecule has 0 saturated carbocycles. The third kappa shape index (κ3) is 3.39. The molecule has 0 aromatic heterocycles. The molecule has 1 fully saturated rings. The smallest absolute Gasteiger partial charge is 0.0782 e. The Morgan fingerprint density at radius 3 is 2.94 bits per heavy atom. The normalized spacial score (nSPS) is 18.9. The summed E-state index contributed by atoms with van der Waals surface area (Å²) >= 11 is 5.49. The number of halogens is 1. The second-order valence-electron chi connectivity index (χ2n) is 4.33. The molecule has 1 N–H and O–H groups in total. The lowest BCUT2D eigenvalue weighted by atomic mass is 10.1. The number of hydrogen-bond donors (Lipinski definition) is 1. The maximum atomic E-state index is 9.88. The first-order chi connectivity index (χ1) is 8.18. The number of anilines is 1. The van der Waals surface area contributed by atoms with Gasteiger partial charge in [0.25, 0.3) is 0 Å². The number of aliphatic hydroxyl groups excluding tert-OH is 1. The molecule has 0 radical (unpaired) electrons. The fraction of sp³-hybridized carbons (Fsp3) is 0.538.